The van der Waals surface area contributed by atoms with Crippen molar-refractivity contribution in [3.05, 3.63) is 41.7 Å². The minimum absolute atomic E-state index is 0.0350. The summed E-state index contributed by atoms with van der Waals surface area (Å²) in [6.07, 6.45) is -0.417. The fourth-order valence-electron chi connectivity index (χ4n) is 3.75. The van der Waals surface area contributed by atoms with Crippen LogP contribution in [0.3, 0.4) is 0 Å². The number of ether oxygens (including phenoxy) is 4. The fourth-order valence-corrected chi connectivity index (χ4v) is 3.75. The number of esters is 1. The smallest absolute Gasteiger partial charge is 0.412 e. The van der Waals surface area contributed by atoms with E-state index in [1.165, 1.54) is 23.6 Å². The second kappa shape index (κ2) is 8.27. The molecule has 4 atom stereocenters. The van der Waals surface area contributed by atoms with Gasteiger partial charge in [0, 0.05) is 5.69 Å². The summed E-state index contributed by atoms with van der Waals surface area (Å²) in [5.74, 6) is -0.567. The zero-order valence-corrected chi connectivity index (χ0v) is 17.9. The van der Waals surface area contributed by atoms with Crippen LogP contribution in [0.4, 0.5) is 10.5 Å². The Bertz CT molecular complexity index is 952. The molecule has 1 aromatic carbocycles. The quantitative estimate of drug-likeness (QED) is 0.735. The summed E-state index contributed by atoms with van der Waals surface area (Å²) in [6.45, 7) is 6.90. The Labute approximate surface area is 179 Å². The number of rotatable bonds is 4. The van der Waals surface area contributed by atoms with Crippen LogP contribution in [0.15, 0.2) is 30.5 Å². The van der Waals surface area contributed by atoms with Crippen LogP contribution in [0.5, 0.6) is 0 Å². The summed E-state index contributed by atoms with van der Waals surface area (Å²) in [6, 6.07) is 7.38. The number of hydrogen-bond acceptors (Lipinski definition) is 8. The summed E-state index contributed by atoms with van der Waals surface area (Å²) in [5, 5.41) is 10.5. The predicted octanol–water partition coefficient (Wildman–Crippen LogP) is 2.32. The molecular weight excluding hydrogens is 404 g/mol. The van der Waals surface area contributed by atoms with Gasteiger partial charge < -0.3 is 18.9 Å². The number of fused-ring (bicyclic) bond motifs is 1. The predicted molar refractivity (Wildman–Crippen MR) is 109 cm³/mol. The number of amides is 1. The number of hydrogen-bond donors (Lipinski definition) is 1. The Morgan fingerprint density at radius 3 is 2.52 bits per heavy atom. The largest absolute Gasteiger partial charge is 0.464 e. The highest BCUT2D eigenvalue weighted by Gasteiger charge is 2.50. The SMILES string of the molecule is COC(=O)c1cn([C@H]2CO[C@H]3[C@@H]2OC[C@H]3OC(=O)Nc2ccc(C(C)(C)C)cc2)nn1. The fraction of sp³-hybridized carbons (Fsp3) is 0.524. The van der Waals surface area contributed by atoms with Crippen molar-refractivity contribution in [1.82, 2.24) is 15.0 Å². The molecule has 2 fully saturated rings. The van der Waals surface area contributed by atoms with Crippen LogP contribution in [0.25, 0.3) is 0 Å². The lowest BCUT2D eigenvalue weighted by atomic mass is 9.87. The average molecular weight is 430 g/mol. The third kappa shape index (κ3) is 4.40. The Morgan fingerprint density at radius 2 is 1.84 bits per heavy atom. The maximum absolute atomic E-state index is 12.4. The molecule has 1 N–H and O–H groups in total. The number of carbonyl (C=O) groups excluding carboxylic acids is 2. The summed E-state index contributed by atoms with van der Waals surface area (Å²) >= 11 is 0. The van der Waals surface area contributed by atoms with Crippen molar-refractivity contribution in [1.29, 1.82) is 0 Å². The summed E-state index contributed by atoms with van der Waals surface area (Å²) in [5.41, 5.74) is 1.96. The van der Waals surface area contributed by atoms with Gasteiger partial charge in [0.2, 0.25) is 0 Å². The van der Waals surface area contributed by atoms with E-state index in [9.17, 15) is 9.59 Å². The minimum Gasteiger partial charge on any atom is -0.464 e. The van der Waals surface area contributed by atoms with Gasteiger partial charge in [-0.05, 0) is 23.1 Å². The number of aromatic nitrogens is 3. The van der Waals surface area contributed by atoms with E-state index >= 15 is 0 Å². The second-order valence-corrected chi connectivity index (χ2v) is 8.63. The Kier molecular flexibility index (Phi) is 5.67. The molecular formula is C21H26N4O6. The van der Waals surface area contributed by atoms with E-state index in [1.54, 1.807) is 0 Å². The number of benzene rings is 1. The minimum atomic E-state index is -0.571. The lowest BCUT2D eigenvalue weighted by Crippen LogP contribution is -2.34. The van der Waals surface area contributed by atoms with Crippen molar-refractivity contribution in [2.45, 2.75) is 50.5 Å². The lowest BCUT2D eigenvalue weighted by Gasteiger charge is -2.20. The molecule has 10 nitrogen and oxygen atoms in total. The molecule has 2 aliphatic heterocycles. The Hall–Kier alpha value is -2.98. The molecule has 4 rings (SSSR count). The molecule has 1 aromatic heterocycles. The van der Waals surface area contributed by atoms with Crippen LogP contribution in [0, 0.1) is 0 Å². The van der Waals surface area contributed by atoms with Crippen molar-refractivity contribution in [2.75, 3.05) is 25.6 Å². The molecule has 2 aliphatic rings. The number of methoxy groups -OCH3 is 1. The Morgan fingerprint density at radius 1 is 1.13 bits per heavy atom. The first kappa shape index (κ1) is 21.3. The summed E-state index contributed by atoms with van der Waals surface area (Å²) in [7, 11) is 1.28. The third-order valence-corrected chi connectivity index (χ3v) is 5.48. The molecule has 0 saturated carbocycles. The molecule has 10 heteroatoms. The maximum Gasteiger partial charge on any atom is 0.412 e. The molecule has 2 saturated heterocycles. The number of nitrogens with one attached hydrogen (secondary N) is 1. The molecule has 0 unspecified atom stereocenters. The van der Waals surface area contributed by atoms with Gasteiger partial charge in [-0.1, -0.05) is 38.1 Å². The van der Waals surface area contributed by atoms with Gasteiger partial charge in [0.25, 0.3) is 0 Å². The highest BCUT2D eigenvalue weighted by molar-refractivity contribution is 5.86. The second-order valence-electron chi connectivity index (χ2n) is 8.63. The molecule has 0 bridgehead atoms. The van der Waals surface area contributed by atoms with Crippen molar-refractivity contribution in [2.24, 2.45) is 0 Å². The van der Waals surface area contributed by atoms with Crippen molar-refractivity contribution in [3.63, 3.8) is 0 Å². The van der Waals surface area contributed by atoms with E-state index in [1.807, 2.05) is 24.3 Å². The molecule has 2 aromatic rings. The highest BCUT2D eigenvalue weighted by Crippen LogP contribution is 2.35. The zero-order valence-electron chi connectivity index (χ0n) is 17.9. The van der Waals surface area contributed by atoms with Gasteiger partial charge in [-0.2, -0.15) is 0 Å². The molecule has 31 heavy (non-hydrogen) atoms. The lowest BCUT2D eigenvalue weighted by molar-refractivity contribution is 0.00770. The van der Waals surface area contributed by atoms with Gasteiger partial charge in [-0.15, -0.1) is 5.10 Å². The summed E-state index contributed by atoms with van der Waals surface area (Å²) < 4.78 is 23.4. The third-order valence-electron chi connectivity index (χ3n) is 5.48. The van der Waals surface area contributed by atoms with E-state index < -0.39 is 24.3 Å². The normalized spacial score (nSPS) is 25.2. The van der Waals surface area contributed by atoms with Gasteiger partial charge in [-0.25, -0.2) is 14.3 Å². The first-order valence-electron chi connectivity index (χ1n) is 10.1. The molecule has 0 radical (unpaired) electrons. The topological polar surface area (TPSA) is 114 Å². The van der Waals surface area contributed by atoms with E-state index in [-0.39, 0.29) is 29.9 Å². The molecule has 1 amide bonds. The zero-order chi connectivity index (χ0) is 22.2. The highest BCUT2D eigenvalue weighted by atomic mass is 16.6. The number of anilines is 1. The maximum atomic E-state index is 12.4. The van der Waals surface area contributed by atoms with E-state index in [0.717, 1.165) is 0 Å². The molecule has 166 valence electrons. The van der Waals surface area contributed by atoms with Gasteiger partial charge in [0.05, 0.1) is 26.5 Å². The monoisotopic (exact) mass is 430 g/mol. The van der Waals surface area contributed by atoms with Crippen molar-refractivity contribution < 1.29 is 28.5 Å². The van der Waals surface area contributed by atoms with E-state index in [0.29, 0.717) is 12.3 Å². The van der Waals surface area contributed by atoms with Gasteiger partial charge >= 0.3 is 12.1 Å². The average Bonchev–Trinajstić information content (AvgIpc) is 3.44. The van der Waals surface area contributed by atoms with Crippen molar-refractivity contribution in [3.8, 4) is 0 Å². The molecule has 0 aliphatic carbocycles. The first-order valence-corrected chi connectivity index (χ1v) is 10.1. The standard InChI is InChI=1S/C21H26N4O6/c1-21(2,3)12-5-7-13(8-6-12)22-20(27)31-16-11-30-17-15(10-29-18(16)17)25-9-14(23-24-25)19(26)28-4/h5-9,15-18H,10-11H2,1-4H3,(H,22,27)/t15-,16+,17+,18+/m0/s1. The van der Waals surface area contributed by atoms with Crippen molar-refractivity contribution >= 4 is 17.7 Å². The van der Waals surface area contributed by atoms with Crippen LogP contribution in [-0.4, -0.2) is 65.7 Å². The van der Waals surface area contributed by atoms with E-state index in [2.05, 4.69) is 41.1 Å². The number of nitrogens with zero attached hydrogens (tertiary/aromatic N) is 3. The van der Waals surface area contributed by atoms with Crippen LogP contribution >= 0.6 is 0 Å². The van der Waals surface area contributed by atoms with Crippen LogP contribution in [0.1, 0.15) is 42.9 Å². The number of carbonyl (C=O) groups is 2. The Balaban J connectivity index is 1.34. The van der Waals surface area contributed by atoms with E-state index in [4.69, 9.17) is 14.2 Å². The molecule has 3 heterocycles. The van der Waals surface area contributed by atoms with Gasteiger partial charge in [0.15, 0.2) is 11.8 Å². The van der Waals surface area contributed by atoms with Crippen LogP contribution < -0.4 is 5.32 Å². The first-order chi connectivity index (χ1) is 14.8. The van der Waals surface area contributed by atoms with Crippen LogP contribution in [-0.2, 0) is 24.4 Å². The van der Waals surface area contributed by atoms with Crippen LogP contribution in [0.2, 0.25) is 0 Å². The van der Waals surface area contributed by atoms with Gasteiger partial charge in [0.1, 0.15) is 18.2 Å². The van der Waals surface area contributed by atoms with Gasteiger partial charge in [-0.3, -0.25) is 5.32 Å². The molecule has 0 spiro atoms. The summed E-state index contributed by atoms with van der Waals surface area (Å²) in [4.78, 5) is 24.0.